The Morgan fingerprint density at radius 1 is 0.909 bits per heavy atom. The van der Waals surface area contributed by atoms with E-state index in [4.69, 9.17) is 9.47 Å². The van der Waals surface area contributed by atoms with Gasteiger partial charge in [0.2, 0.25) is 5.91 Å². The summed E-state index contributed by atoms with van der Waals surface area (Å²) < 4.78 is 11.4. The van der Waals surface area contributed by atoms with Crippen LogP contribution < -0.4 is 14.8 Å². The maximum atomic E-state index is 13.2. The van der Waals surface area contributed by atoms with E-state index >= 15 is 0 Å². The molecule has 0 bridgehead atoms. The highest BCUT2D eigenvalue weighted by molar-refractivity contribution is 5.94. The molecule has 0 spiro atoms. The summed E-state index contributed by atoms with van der Waals surface area (Å²) in [5, 5.41) is 3.13. The quantitative estimate of drug-likeness (QED) is 0.760. The zero-order valence-electron chi connectivity index (χ0n) is 18.9. The normalized spacial score (nSPS) is 21.1. The van der Waals surface area contributed by atoms with E-state index in [0.29, 0.717) is 25.3 Å². The number of hydrogen-bond donors (Lipinski definition) is 1. The van der Waals surface area contributed by atoms with Gasteiger partial charge in [0, 0.05) is 31.2 Å². The topological polar surface area (TPSA) is 71.1 Å². The van der Waals surface area contributed by atoms with Crippen LogP contribution in [-0.2, 0) is 4.79 Å². The Balaban J connectivity index is 1.14. The van der Waals surface area contributed by atoms with Crippen LogP contribution in [0.2, 0.25) is 0 Å². The monoisotopic (exact) mass is 449 g/mol. The predicted octanol–water partition coefficient (Wildman–Crippen LogP) is 3.02. The molecule has 2 amide bonds. The first-order valence-electron chi connectivity index (χ1n) is 11.9. The van der Waals surface area contributed by atoms with E-state index in [0.717, 1.165) is 62.4 Å². The molecule has 174 valence electrons. The molecule has 1 atom stereocenters. The van der Waals surface area contributed by atoms with Crippen molar-refractivity contribution in [3.8, 4) is 11.5 Å². The third-order valence-corrected chi connectivity index (χ3v) is 6.84. The van der Waals surface area contributed by atoms with Crippen molar-refractivity contribution < 1.29 is 19.1 Å². The Labute approximate surface area is 194 Å². The van der Waals surface area contributed by atoms with E-state index in [2.05, 4.69) is 16.3 Å². The molecular weight excluding hydrogens is 418 g/mol. The Hall–Kier alpha value is -3.06. The van der Waals surface area contributed by atoms with E-state index < -0.39 is 0 Å². The Morgan fingerprint density at radius 2 is 1.67 bits per heavy atom. The summed E-state index contributed by atoms with van der Waals surface area (Å²) in [6.45, 7) is 3.99. The highest BCUT2D eigenvalue weighted by Crippen LogP contribution is 2.38. The fourth-order valence-electron chi connectivity index (χ4n) is 5.05. The van der Waals surface area contributed by atoms with Crippen molar-refractivity contribution in [3.63, 3.8) is 0 Å². The molecule has 2 fully saturated rings. The lowest BCUT2D eigenvalue weighted by Gasteiger charge is -2.34. The van der Waals surface area contributed by atoms with Gasteiger partial charge >= 0.3 is 0 Å². The third-order valence-electron chi connectivity index (χ3n) is 6.84. The van der Waals surface area contributed by atoms with E-state index in [9.17, 15) is 9.59 Å². The summed E-state index contributed by atoms with van der Waals surface area (Å²) >= 11 is 0. The van der Waals surface area contributed by atoms with Crippen LogP contribution in [-0.4, -0.2) is 67.0 Å². The maximum Gasteiger partial charge on any atom is 0.251 e. The SMILES string of the molecule is O=C(NC1CCN(CC(=O)N2CCCC2c2ccc3c(c2)OCCO3)CC1)c1ccccc1. The standard InChI is InChI=1S/C26H31N3O4/c30-25(18-28-13-10-21(11-14-28)27-26(31)19-5-2-1-3-6-19)29-12-4-7-22(29)20-8-9-23-24(17-20)33-16-15-32-23/h1-3,5-6,8-9,17,21-22H,4,7,10-16,18H2,(H,27,31). The van der Waals surface area contributed by atoms with Crippen LogP contribution in [0.5, 0.6) is 11.5 Å². The number of hydrogen-bond acceptors (Lipinski definition) is 5. The lowest BCUT2D eigenvalue weighted by molar-refractivity contribution is -0.133. The summed E-state index contributed by atoms with van der Waals surface area (Å²) in [4.78, 5) is 29.8. The van der Waals surface area contributed by atoms with Crippen molar-refractivity contribution in [1.29, 1.82) is 0 Å². The van der Waals surface area contributed by atoms with Gasteiger partial charge in [-0.05, 0) is 55.5 Å². The van der Waals surface area contributed by atoms with Crippen LogP contribution in [0.15, 0.2) is 48.5 Å². The minimum atomic E-state index is -0.0236. The Morgan fingerprint density at radius 3 is 2.45 bits per heavy atom. The number of benzene rings is 2. The van der Waals surface area contributed by atoms with Gasteiger partial charge in [0.15, 0.2) is 11.5 Å². The molecule has 7 nitrogen and oxygen atoms in total. The number of ether oxygens (including phenoxy) is 2. The summed E-state index contributed by atoms with van der Waals surface area (Å²) in [5.74, 6) is 1.71. The number of nitrogens with one attached hydrogen (secondary N) is 1. The highest BCUT2D eigenvalue weighted by atomic mass is 16.6. The largest absolute Gasteiger partial charge is 0.486 e. The van der Waals surface area contributed by atoms with Crippen molar-refractivity contribution in [2.75, 3.05) is 39.4 Å². The van der Waals surface area contributed by atoms with E-state index in [1.807, 2.05) is 47.4 Å². The lowest BCUT2D eigenvalue weighted by Crippen LogP contribution is -2.48. The molecule has 2 saturated heterocycles. The molecule has 7 heteroatoms. The molecule has 2 aromatic rings. The number of piperidine rings is 1. The molecule has 3 aliphatic rings. The molecule has 1 N–H and O–H groups in total. The number of likely N-dealkylation sites (tertiary alicyclic amines) is 2. The molecular formula is C26H31N3O4. The van der Waals surface area contributed by atoms with Gasteiger partial charge in [0.25, 0.3) is 5.91 Å². The number of rotatable bonds is 5. The molecule has 0 aromatic heterocycles. The van der Waals surface area contributed by atoms with Crippen LogP contribution in [0.3, 0.4) is 0 Å². The van der Waals surface area contributed by atoms with Crippen molar-refractivity contribution in [2.45, 2.75) is 37.8 Å². The molecule has 0 radical (unpaired) electrons. The number of carbonyl (C=O) groups is 2. The average Bonchev–Trinajstić information content (AvgIpc) is 3.36. The number of fused-ring (bicyclic) bond motifs is 1. The molecule has 2 aromatic carbocycles. The summed E-state index contributed by atoms with van der Waals surface area (Å²) in [5.41, 5.74) is 1.81. The van der Waals surface area contributed by atoms with Gasteiger partial charge in [-0.15, -0.1) is 0 Å². The van der Waals surface area contributed by atoms with Gasteiger partial charge in [-0.2, -0.15) is 0 Å². The highest BCUT2D eigenvalue weighted by Gasteiger charge is 2.32. The zero-order valence-corrected chi connectivity index (χ0v) is 18.9. The lowest BCUT2D eigenvalue weighted by atomic mass is 10.0. The van der Waals surface area contributed by atoms with Crippen LogP contribution >= 0.6 is 0 Å². The number of nitrogens with zero attached hydrogens (tertiary/aromatic N) is 2. The molecule has 0 aliphatic carbocycles. The Bertz CT molecular complexity index is 988. The van der Waals surface area contributed by atoms with Gasteiger partial charge in [-0.1, -0.05) is 24.3 Å². The van der Waals surface area contributed by atoms with Crippen molar-refractivity contribution in [1.82, 2.24) is 15.1 Å². The number of amides is 2. The van der Waals surface area contributed by atoms with Crippen LogP contribution in [0.4, 0.5) is 0 Å². The van der Waals surface area contributed by atoms with E-state index in [1.165, 1.54) is 0 Å². The molecule has 5 rings (SSSR count). The maximum absolute atomic E-state index is 13.2. The molecule has 3 heterocycles. The second kappa shape index (κ2) is 9.83. The first kappa shape index (κ1) is 21.8. The Kier molecular flexibility index (Phi) is 6.48. The summed E-state index contributed by atoms with van der Waals surface area (Å²) in [7, 11) is 0. The van der Waals surface area contributed by atoms with Crippen LogP contribution in [0, 0.1) is 0 Å². The predicted molar refractivity (Wildman–Crippen MR) is 124 cm³/mol. The summed E-state index contributed by atoms with van der Waals surface area (Å²) in [6.07, 6.45) is 3.70. The van der Waals surface area contributed by atoms with Crippen LogP contribution in [0.1, 0.15) is 47.6 Å². The minimum Gasteiger partial charge on any atom is -0.486 e. The molecule has 0 saturated carbocycles. The van der Waals surface area contributed by atoms with Crippen molar-refractivity contribution in [3.05, 3.63) is 59.7 Å². The van der Waals surface area contributed by atoms with Gasteiger partial charge in [-0.25, -0.2) is 0 Å². The molecule has 3 aliphatic heterocycles. The second-order valence-corrected chi connectivity index (χ2v) is 9.04. The van der Waals surface area contributed by atoms with Gasteiger partial charge in [0.05, 0.1) is 12.6 Å². The van der Waals surface area contributed by atoms with Gasteiger partial charge in [0.1, 0.15) is 13.2 Å². The summed E-state index contributed by atoms with van der Waals surface area (Å²) in [6, 6.07) is 15.6. The fourth-order valence-corrected chi connectivity index (χ4v) is 5.05. The second-order valence-electron chi connectivity index (χ2n) is 9.04. The van der Waals surface area contributed by atoms with Crippen molar-refractivity contribution >= 4 is 11.8 Å². The first-order valence-corrected chi connectivity index (χ1v) is 11.9. The average molecular weight is 450 g/mol. The zero-order chi connectivity index (χ0) is 22.6. The smallest absolute Gasteiger partial charge is 0.251 e. The van der Waals surface area contributed by atoms with Crippen molar-refractivity contribution in [2.24, 2.45) is 0 Å². The van der Waals surface area contributed by atoms with Crippen LogP contribution in [0.25, 0.3) is 0 Å². The number of carbonyl (C=O) groups excluding carboxylic acids is 2. The fraction of sp³-hybridized carbons (Fsp3) is 0.462. The molecule has 33 heavy (non-hydrogen) atoms. The minimum absolute atomic E-state index is 0.0236. The van der Waals surface area contributed by atoms with E-state index in [1.54, 1.807) is 0 Å². The third kappa shape index (κ3) is 4.98. The molecule has 1 unspecified atom stereocenters. The van der Waals surface area contributed by atoms with E-state index in [-0.39, 0.29) is 23.9 Å². The first-order chi connectivity index (χ1) is 16.2. The van der Waals surface area contributed by atoms with Gasteiger partial charge in [-0.3, -0.25) is 14.5 Å². The van der Waals surface area contributed by atoms with Gasteiger partial charge < -0.3 is 19.7 Å².